The number of nitrogens with two attached hydrogens (primary N) is 1. The van der Waals surface area contributed by atoms with Gasteiger partial charge in [-0.2, -0.15) is 0 Å². The van der Waals surface area contributed by atoms with Gasteiger partial charge in [0.1, 0.15) is 5.75 Å². The minimum atomic E-state index is -0.598. The van der Waals surface area contributed by atoms with E-state index < -0.39 is 5.91 Å². The molecule has 1 heterocycles. The fourth-order valence-electron chi connectivity index (χ4n) is 3.12. The maximum Gasteiger partial charge on any atom is 0.250 e. The van der Waals surface area contributed by atoms with Gasteiger partial charge in [0.05, 0.1) is 17.0 Å². The predicted molar refractivity (Wildman–Crippen MR) is 125 cm³/mol. The zero-order valence-corrected chi connectivity index (χ0v) is 19.3. The molecule has 0 fully saturated rings. The van der Waals surface area contributed by atoms with Gasteiger partial charge in [-0.15, -0.1) is 10.2 Å². The van der Waals surface area contributed by atoms with Gasteiger partial charge >= 0.3 is 0 Å². The largest absolute Gasteiger partial charge is 0.483 e. The molecule has 2 amide bonds. The van der Waals surface area contributed by atoms with Crippen LogP contribution in [-0.4, -0.2) is 32.3 Å². The third-order valence-corrected chi connectivity index (χ3v) is 5.91. The van der Waals surface area contributed by atoms with Crippen molar-refractivity contribution < 1.29 is 14.3 Å². The standard InChI is InChI=1S/C23H27N5O3S/c1-14(2)16-9-11-17(12-10-16)31-15(3)22-26-27-23(28(22)4)32-13-20(29)25-19-8-6-5-7-18(19)21(24)30/h5-12,14-15H,13H2,1-4H3,(H2,24,30)(H,25,29). The van der Waals surface area contributed by atoms with E-state index in [-0.39, 0.29) is 23.3 Å². The first-order chi connectivity index (χ1) is 15.3. The first-order valence-corrected chi connectivity index (χ1v) is 11.2. The van der Waals surface area contributed by atoms with Crippen LogP contribution in [0.4, 0.5) is 5.69 Å². The Morgan fingerprint density at radius 3 is 2.44 bits per heavy atom. The number of aromatic nitrogens is 3. The number of rotatable bonds is 9. The predicted octanol–water partition coefficient (Wildman–Crippen LogP) is 3.91. The number of benzene rings is 2. The number of thioether (sulfide) groups is 1. The first-order valence-electron chi connectivity index (χ1n) is 10.2. The lowest BCUT2D eigenvalue weighted by atomic mass is 10.0. The van der Waals surface area contributed by atoms with Gasteiger partial charge in [-0.25, -0.2) is 0 Å². The molecule has 0 saturated heterocycles. The molecule has 8 nitrogen and oxygen atoms in total. The molecule has 1 aromatic heterocycles. The van der Waals surface area contributed by atoms with Crippen LogP contribution in [-0.2, 0) is 11.8 Å². The number of primary amides is 1. The van der Waals surface area contributed by atoms with Crippen molar-refractivity contribution in [2.75, 3.05) is 11.1 Å². The molecular formula is C23H27N5O3S. The van der Waals surface area contributed by atoms with Crippen LogP contribution in [0.25, 0.3) is 0 Å². The molecule has 0 radical (unpaired) electrons. The number of carbonyl (C=O) groups is 2. The Bertz CT molecular complexity index is 1100. The fourth-order valence-corrected chi connectivity index (χ4v) is 3.84. The van der Waals surface area contributed by atoms with Gasteiger partial charge in [0.2, 0.25) is 5.91 Å². The molecule has 9 heteroatoms. The summed E-state index contributed by atoms with van der Waals surface area (Å²) >= 11 is 1.24. The Morgan fingerprint density at radius 1 is 1.09 bits per heavy atom. The molecule has 1 unspecified atom stereocenters. The molecule has 0 saturated carbocycles. The van der Waals surface area contributed by atoms with Crippen molar-refractivity contribution in [2.24, 2.45) is 12.8 Å². The second-order valence-corrected chi connectivity index (χ2v) is 8.57. The van der Waals surface area contributed by atoms with Gasteiger partial charge in [-0.1, -0.05) is 49.9 Å². The summed E-state index contributed by atoms with van der Waals surface area (Å²) in [6.45, 7) is 6.20. The third kappa shape index (κ3) is 5.67. The van der Waals surface area contributed by atoms with Crippen LogP contribution < -0.4 is 15.8 Å². The van der Waals surface area contributed by atoms with E-state index in [0.29, 0.717) is 22.6 Å². The van der Waals surface area contributed by atoms with Crippen molar-refractivity contribution in [1.82, 2.24) is 14.8 Å². The van der Waals surface area contributed by atoms with Crippen molar-refractivity contribution >= 4 is 29.3 Å². The summed E-state index contributed by atoms with van der Waals surface area (Å²) in [6.07, 6.45) is -0.317. The van der Waals surface area contributed by atoms with Gasteiger partial charge in [-0.3, -0.25) is 9.59 Å². The molecule has 3 aromatic rings. The normalized spacial score (nSPS) is 11.9. The highest BCUT2D eigenvalue weighted by Crippen LogP contribution is 2.25. The number of para-hydroxylation sites is 1. The van der Waals surface area contributed by atoms with E-state index in [1.165, 1.54) is 17.3 Å². The number of nitrogens with zero attached hydrogens (tertiary/aromatic N) is 3. The number of carbonyl (C=O) groups excluding carboxylic acids is 2. The van der Waals surface area contributed by atoms with Crippen LogP contribution in [0.2, 0.25) is 0 Å². The number of hydrogen-bond acceptors (Lipinski definition) is 6. The van der Waals surface area contributed by atoms with Crippen molar-refractivity contribution in [3.8, 4) is 5.75 Å². The van der Waals surface area contributed by atoms with Gasteiger partial charge in [0, 0.05) is 7.05 Å². The third-order valence-electron chi connectivity index (χ3n) is 4.89. The Hall–Kier alpha value is -3.33. The Labute approximate surface area is 191 Å². The maximum absolute atomic E-state index is 12.4. The van der Waals surface area contributed by atoms with Crippen LogP contribution >= 0.6 is 11.8 Å². The molecule has 168 valence electrons. The minimum Gasteiger partial charge on any atom is -0.483 e. The van der Waals surface area contributed by atoms with Gasteiger partial charge in [0.25, 0.3) is 5.91 Å². The van der Waals surface area contributed by atoms with E-state index in [4.69, 9.17) is 10.5 Å². The van der Waals surface area contributed by atoms with Gasteiger partial charge in [-0.05, 0) is 42.7 Å². The highest BCUT2D eigenvalue weighted by molar-refractivity contribution is 7.99. The van der Waals surface area contributed by atoms with E-state index in [1.54, 1.807) is 24.3 Å². The van der Waals surface area contributed by atoms with Crippen molar-refractivity contribution in [3.63, 3.8) is 0 Å². The molecule has 2 aromatic carbocycles. The number of hydrogen-bond donors (Lipinski definition) is 2. The summed E-state index contributed by atoms with van der Waals surface area (Å²) < 4.78 is 7.82. The summed E-state index contributed by atoms with van der Waals surface area (Å²) in [7, 11) is 1.83. The molecule has 0 aliphatic carbocycles. The minimum absolute atomic E-state index is 0.102. The quantitative estimate of drug-likeness (QED) is 0.475. The molecule has 3 rings (SSSR count). The van der Waals surface area contributed by atoms with Crippen LogP contribution in [0.5, 0.6) is 5.75 Å². The van der Waals surface area contributed by atoms with Gasteiger partial charge in [0.15, 0.2) is 17.1 Å². The average molecular weight is 454 g/mol. The van der Waals surface area contributed by atoms with Gasteiger partial charge < -0.3 is 20.4 Å². The van der Waals surface area contributed by atoms with E-state index in [1.807, 2.05) is 30.7 Å². The molecule has 0 bridgehead atoms. The molecular weight excluding hydrogens is 426 g/mol. The number of amides is 2. The summed E-state index contributed by atoms with van der Waals surface area (Å²) in [5, 5.41) is 11.7. The first kappa shape index (κ1) is 23.3. The highest BCUT2D eigenvalue weighted by atomic mass is 32.2. The number of ether oxygens (including phenoxy) is 1. The Balaban J connectivity index is 1.59. The molecule has 0 aliphatic rings. The van der Waals surface area contributed by atoms with E-state index in [0.717, 1.165) is 5.75 Å². The lowest BCUT2D eigenvalue weighted by Crippen LogP contribution is -2.19. The number of nitrogens with one attached hydrogen (secondary N) is 1. The van der Waals surface area contributed by atoms with Crippen LogP contribution in [0.15, 0.2) is 53.7 Å². The summed E-state index contributed by atoms with van der Waals surface area (Å²) in [5.74, 6) is 1.10. The summed E-state index contributed by atoms with van der Waals surface area (Å²) in [4.78, 5) is 23.9. The van der Waals surface area contributed by atoms with Crippen molar-refractivity contribution in [3.05, 3.63) is 65.5 Å². The number of anilines is 1. The maximum atomic E-state index is 12.4. The van der Waals surface area contributed by atoms with Crippen LogP contribution in [0, 0.1) is 0 Å². The topological polar surface area (TPSA) is 112 Å². The highest BCUT2D eigenvalue weighted by Gasteiger charge is 2.18. The SMILES string of the molecule is CC(C)c1ccc(OC(C)c2nnc(SCC(=O)Nc3ccccc3C(N)=O)n2C)cc1. The Kier molecular flexibility index (Phi) is 7.53. The molecule has 32 heavy (non-hydrogen) atoms. The van der Waals surface area contributed by atoms with E-state index >= 15 is 0 Å². The lowest BCUT2D eigenvalue weighted by molar-refractivity contribution is -0.113. The van der Waals surface area contributed by atoms with Crippen molar-refractivity contribution in [2.45, 2.75) is 37.9 Å². The van der Waals surface area contributed by atoms with Crippen molar-refractivity contribution in [1.29, 1.82) is 0 Å². The molecule has 3 N–H and O–H groups in total. The second kappa shape index (κ2) is 10.3. The van der Waals surface area contributed by atoms with E-state index in [9.17, 15) is 9.59 Å². The second-order valence-electron chi connectivity index (χ2n) is 7.63. The molecule has 0 spiro atoms. The van der Waals surface area contributed by atoms with Crippen LogP contribution in [0.3, 0.4) is 0 Å². The average Bonchev–Trinajstić information content (AvgIpc) is 3.13. The van der Waals surface area contributed by atoms with Crippen LogP contribution in [0.1, 0.15) is 54.5 Å². The fraction of sp³-hybridized carbons (Fsp3) is 0.304. The smallest absolute Gasteiger partial charge is 0.250 e. The molecule has 0 aliphatic heterocycles. The zero-order chi connectivity index (χ0) is 23.3. The monoisotopic (exact) mass is 453 g/mol. The Morgan fingerprint density at radius 2 is 1.78 bits per heavy atom. The van der Waals surface area contributed by atoms with E-state index in [2.05, 4.69) is 41.5 Å². The molecule has 1 atom stereocenters. The lowest BCUT2D eigenvalue weighted by Gasteiger charge is -2.15. The zero-order valence-electron chi connectivity index (χ0n) is 18.5. The summed E-state index contributed by atoms with van der Waals surface area (Å²) in [5.41, 5.74) is 7.25. The summed E-state index contributed by atoms with van der Waals surface area (Å²) in [6, 6.07) is 14.6.